The molecular formula is C16H17NO3S. The minimum Gasteiger partial charge on any atom is -0.478 e. The van der Waals surface area contributed by atoms with Crippen molar-refractivity contribution in [1.82, 2.24) is 5.32 Å². The molecule has 2 rings (SSSR count). The Labute approximate surface area is 127 Å². The average Bonchev–Trinajstić information content (AvgIpc) is 2.88. The van der Waals surface area contributed by atoms with E-state index in [-0.39, 0.29) is 17.9 Å². The third kappa shape index (κ3) is 4.16. The van der Waals surface area contributed by atoms with Crippen LogP contribution in [-0.4, -0.2) is 17.0 Å². The average molecular weight is 303 g/mol. The number of carbonyl (C=O) groups is 2. The van der Waals surface area contributed by atoms with Crippen LogP contribution in [0.5, 0.6) is 0 Å². The van der Waals surface area contributed by atoms with Crippen molar-refractivity contribution >= 4 is 23.2 Å². The summed E-state index contributed by atoms with van der Waals surface area (Å²) in [6.07, 6.45) is 0.715. The van der Waals surface area contributed by atoms with Gasteiger partial charge in [-0.1, -0.05) is 18.2 Å². The molecule has 0 saturated heterocycles. The number of carboxylic acid groups (broad SMARTS) is 1. The van der Waals surface area contributed by atoms with Crippen molar-refractivity contribution in [1.29, 1.82) is 0 Å². The molecule has 110 valence electrons. The first-order valence-electron chi connectivity index (χ1n) is 6.69. The van der Waals surface area contributed by atoms with Gasteiger partial charge in [-0.15, -0.1) is 11.3 Å². The van der Waals surface area contributed by atoms with Gasteiger partial charge in [0.05, 0.1) is 12.1 Å². The Morgan fingerprint density at radius 1 is 1.24 bits per heavy atom. The summed E-state index contributed by atoms with van der Waals surface area (Å²) in [4.78, 5) is 24.1. The van der Waals surface area contributed by atoms with Gasteiger partial charge in [-0.3, -0.25) is 4.79 Å². The molecule has 5 heteroatoms. The largest absolute Gasteiger partial charge is 0.478 e. The van der Waals surface area contributed by atoms with Crippen LogP contribution in [0, 0.1) is 6.92 Å². The number of rotatable bonds is 6. The molecule has 1 amide bonds. The SMILES string of the molecule is Cc1ccsc1CNC(=O)CCc1ccccc1C(=O)O. The van der Waals surface area contributed by atoms with Gasteiger partial charge in [-0.25, -0.2) is 4.79 Å². The van der Waals surface area contributed by atoms with Gasteiger partial charge >= 0.3 is 5.97 Å². The van der Waals surface area contributed by atoms with E-state index >= 15 is 0 Å². The van der Waals surface area contributed by atoms with Crippen LogP contribution in [0.15, 0.2) is 35.7 Å². The molecule has 0 aliphatic heterocycles. The second-order valence-corrected chi connectivity index (χ2v) is 5.77. The molecule has 0 aliphatic carbocycles. The number of thiophene rings is 1. The Bertz CT molecular complexity index is 648. The van der Waals surface area contributed by atoms with Gasteiger partial charge in [-0.05, 0) is 42.0 Å². The van der Waals surface area contributed by atoms with Gasteiger partial charge in [0.15, 0.2) is 0 Å². The summed E-state index contributed by atoms with van der Waals surface area (Å²) in [7, 11) is 0. The van der Waals surface area contributed by atoms with Crippen LogP contribution in [0.4, 0.5) is 0 Å². The van der Waals surface area contributed by atoms with Crippen molar-refractivity contribution in [3.63, 3.8) is 0 Å². The molecule has 1 aromatic carbocycles. The van der Waals surface area contributed by atoms with Crippen molar-refractivity contribution in [2.45, 2.75) is 26.3 Å². The lowest BCUT2D eigenvalue weighted by molar-refractivity contribution is -0.121. The van der Waals surface area contributed by atoms with Crippen LogP contribution in [0.2, 0.25) is 0 Å². The maximum Gasteiger partial charge on any atom is 0.335 e. The normalized spacial score (nSPS) is 10.3. The zero-order chi connectivity index (χ0) is 15.2. The molecule has 0 bridgehead atoms. The fourth-order valence-corrected chi connectivity index (χ4v) is 2.89. The second kappa shape index (κ2) is 7.04. The number of benzene rings is 1. The highest BCUT2D eigenvalue weighted by molar-refractivity contribution is 7.10. The van der Waals surface area contributed by atoms with E-state index in [0.717, 1.165) is 4.88 Å². The number of nitrogens with one attached hydrogen (secondary N) is 1. The minimum atomic E-state index is -0.958. The molecule has 4 nitrogen and oxygen atoms in total. The molecule has 0 aliphatic rings. The Morgan fingerprint density at radius 2 is 2.00 bits per heavy atom. The number of hydrogen-bond acceptors (Lipinski definition) is 3. The smallest absolute Gasteiger partial charge is 0.335 e. The first kappa shape index (κ1) is 15.3. The van der Waals surface area contributed by atoms with E-state index in [1.165, 1.54) is 5.56 Å². The summed E-state index contributed by atoms with van der Waals surface area (Å²) >= 11 is 1.62. The van der Waals surface area contributed by atoms with Crippen LogP contribution in [-0.2, 0) is 17.8 Å². The zero-order valence-electron chi connectivity index (χ0n) is 11.8. The lowest BCUT2D eigenvalue weighted by Gasteiger charge is -2.07. The molecule has 1 aromatic heterocycles. The van der Waals surface area contributed by atoms with E-state index in [1.807, 2.05) is 18.4 Å². The van der Waals surface area contributed by atoms with Gasteiger partial charge in [-0.2, -0.15) is 0 Å². The molecule has 0 saturated carbocycles. The molecule has 0 spiro atoms. The van der Waals surface area contributed by atoms with Gasteiger partial charge in [0.1, 0.15) is 0 Å². The summed E-state index contributed by atoms with van der Waals surface area (Å²) in [5, 5.41) is 14.0. The number of carboxylic acids is 1. The monoisotopic (exact) mass is 303 g/mol. The van der Waals surface area contributed by atoms with Gasteiger partial charge < -0.3 is 10.4 Å². The lowest BCUT2D eigenvalue weighted by atomic mass is 10.0. The highest BCUT2D eigenvalue weighted by Crippen LogP contribution is 2.15. The van der Waals surface area contributed by atoms with Crippen molar-refractivity contribution in [3.05, 3.63) is 57.3 Å². The Morgan fingerprint density at radius 3 is 2.67 bits per heavy atom. The predicted molar refractivity (Wildman–Crippen MR) is 82.6 cm³/mol. The lowest BCUT2D eigenvalue weighted by Crippen LogP contribution is -2.23. The molecular weight excluding hydrogens is 286 g/mol. The molecule has 21 heavy (non-hydrogen) atoms. The number of carbonyl (C=O) groups excluding carboxylic acids is 1. The van der Waals surface area contributed by atoms with Crippen LogP contribution in [0.1, 0.15) is 32.8 Å². The highest BCUT2D eigenvalue weighted by atomic mass is 32.1. The zero-order valence-corrected chi connectivity index (χ0v) is 12.6. The summed E-state index contributed by atoms with van der Waals surface area (Å²) in [6.45, 7) is 2.55. The molecule has 2 N–H and O–H groups in total. The van der Waals surface area contributed by atoms with Crippen LogP contribution >= 0.6 is 11.3 Å². The first-order chi connectivity index (χ1) is 10.1. The fraction of sp³-hybridized carbons (Fsp3) is 0.250. The quantitative estimate of drug-likeness (QED) is 0.862. The van der Waals surface area contributed by atoms with Gasteiger partial charge in [0.25, 0.3) is 0 Å². The molecule has 0 atom stereocenters. The standard InChI is InChI=1S/C16H17NO3S/c1-11-8-9-21-14(11)10-17-15(18)7-6-12-4-2-3-5-13(12)16(19)20/h2-5,8-9H,6-7,10H2,1H3,(H,17,18)(H,19,20). The van der Waals surface area contributed by atoms with Crippen molar-refractivity contribution in [2.75, 3.05) is 0 Å². The summed E-state index contributed by atoms with van der Waals surface area (Å²) in [5.74, 6) is -1.02. The van der Waals surface area contributed by atoms with E-state index < -0.39 is 5.97 Å². The molecule has 0 unspecified atom stereocenters. The third-order valence-corrected chi connectivity index (χ3v) is 4.31. The van der Waals surface area contributed by atoms with Crippen LogP contribution in [0.25, 0.3) is 0 Å². The number of amides is 1. The maximum atomic E-state index is 11.9. The number of hydrogen-bond donors (Lipinski definition) is 2. The van der Waals surface area contributed by atoms with E-state index in [4.69, 9.17) is 5.11 Å². The van der Waals surface area contributed by atoms with Crippen molar-refractivity contribution in [2.24, 2.45) is 0 Å². The summed E-state index contributed by atoms with van der Waals surface area (Å²) in [5.41, 5.74) is 2.13. The minimum absolute atomic E-state index is 0.0667. The Balaban J connectivity index is 1.87. The fourth-order valence-electron chi connectivity index (χ4n) is 2.05. The Kier molecular flexibility index (Phi) is 5.11. The predicted octanol–water partition coefficient (Wildman–Crippen LogP) is 3.00. The van der Waals surface area contributed by atoms with Crippen molar-refractivity contribution < 1.29 is 14.7 Å². The highest BCUT2D eigenvalue weighted by Gasteiger charge is 2.10. The van der Waals surface area contributed by atoms with Crippen molar-refractivity contribution in [3.8, 4) is 0 Å². The van der Waals surface area contributed by atoms with E-state index in [2.05, 4.69) is 5.32 Å². The molecule has 2 aromatic rings. The van der Waals surface area contributed by atoms with Crippen LogP contribution in [0.3, 0.4) is 0 Å². The second-order valence-electron chi connectivity index (χ2n) is 4.77. The van der Waals surface area contributed by atoms with E-state index in [0.29, 0.717) is 18.5 Å². The van der Waals surface area contributed by atoms with E-state index in [9.17, 15) is 9.59 Å². The van der Waals surface area contributed by atoms with Gasteiger partial charge in [0.2, 0.25) is 5.91 Å². The first-order valence-corrected chi connectivity index (χ1v) is 7.56. The van der Waals surface area contributed by atoms with E-state index in [1.54, 1.807) is 35.6 Å². The third-order valence-electron chi connectivity index (χ3n) is 3.28. The van der Waals surface area contributed by atoms with Crippen LogP contribution < -0.4 is 5.32 Å². The Hall–Kier alpha value is -2.14. The maximum absolute atomic E-state index is 11.9. The summed E-state index contributed by atoms with van der Waals surface area (Å²) in [6, 6.07) is 8.81. The van der Waals surface area contributed by atoms with Gasteiger partial charge in [0, 0.05) is 11.3 Å². The molecule has 0 fully saturated rings. The molecule has 0 radical (unpaired) electrons. The molecule has 1 heterocycles. The number of aromatic carboxylic acids is 1. The number of aryl methyl sites for hydroxylation is 2. The summed E-state index contributed by atoms with van der Waals surface area (Å²) < 4.78 is 0. The topological polar surface area (TPSA) is 66.4 Å².